The number of ketones is 1. The average Bonchev–Trinajstić information content (AvgIpc) is 2.79. The maximum Gasteiger partial charge on any atom is 0.153 e. The number of carbonyl (C=O) groups excluding carboxylic acids is 1. The molecule has 2 aliphatic heterocycles. The zero-order valence-corrected chi connectivity index (χ0v) is 17.5. The number of rotatable bonds is 4. The van der Waals surface area contributed by atoms with Crippen molar-refractivity contribution in [3.63, 3.8) is 0 Å². The van der Waals surface area contributed by atoms with E-state index in [4.69, 9.17) is 5.26 Å². The first-order valence-electron chi connectivity index (χ1n) is 10.7. The van der Waals surface area contributed by atoms with E-state index in [1.807, 2.05) is 30.3 Å². The highest BCUT2D eigenvalue weighted by Gasteiger charge is 2.31. The van der Waals surface area contributed by atoms with E-state index in [9.17, 15) is 9.90 Å². The lowest BCUT2D eigenvalue weighted by Crippen LogP contribution is -2.43. The second-order valence-corrected chi connectivity index (χ2v) is 8.21. The van der Waals surface area contributed by atoms with Gasteiger partial charge in [0.1, 0.15) is 5.78 Å². The van der Waals surface area contributed by atoms with E-state index in [1.165, 1.54) is 11.1 Å². The van der Waals surface area contributed by atoms with Crippen molar-refractivity contribution in [3.05, 3.63) is 71.8 Å². The maximum absolute atomic E-state index is 11.0. The molecule has 0 amide bonds. The van der Waals surface area contributed by atoms with Crippen molar-refractivity contribution in [2.24, 2.45) is 0 Å². The molecule has 158 valence electrons. The van der Waals surface area contributed by atoms with E-state index in [0.29, 0.717) is 18.6 Å². The van der Waals surface area contributed by atoms with Gasteiger partial charge in [0, 0.05) is 65.0 Å². The number of benzene rings is 2. The van der Waals surface area contributed by atoms with Gasteiger partial charge in [-0.25, -0.2) is 0 Å². The molecule has 0 saturated carbocycles. The van der Waals surface area contributed by atoms with Crippen LogP contribution in [0, 0.1) is 11.3 Å². The maximum atomic E-state index is 11.0. The minimum Gasteiger partial charge on any atom is -0.375 e. The summed E-state index contributed by atoms with van der Waals surface area (Å²) in [4.78, 5) is 15.7. The number of carbonyl (C=O) groups is 1. The standard InChI is InChI=1S/C13H16N2O.C12H15NO/c14-11-13(16)6-8-15(9-7-13)10-12-4-2-1-3-5-12;14-12-6-8-13(9-7-12)10-11-4-2-1-3-5-11/h1-5,16H,6-10H2;1-5H,6-10H2. The third-order valence-corrected chi connectivity index (χ3v) is 5.80. The van der Waals surface area contributed by atoms with Crippen LogP contribution in [0.1, 0.15) is 36.8 Å². The molecule has 2 heterocycles. The van der Waals surface area contributed by atoms with Crippen molar-refractivity contribution in [1.29, 1.82) is 5.26 Å². The smallest absolute Gasteiger partial charge is 0.153 e. The topological polar surface area (TPSA) is 67.6 Å². The summed E-state index contributed by atoms with van der Waals surface area (Å²) < 4.78 is 0. The molecular formula is C25H31N3O2. The molecule has 2 fully saturated rings. The lowest BCUT2D eigenvalue weighted by Gasteiger charge is -2.33. The fourth-order valence-corrected chi connectivity index (χ4v) is 3.84. The van der Waals surface area contributed by atoms with Gasteiger partial charge in [0.15, 0.2) is 5.60 Å². The van der Waals surface area contributed by atoms with Crippen LogP contribution >= 0.6 is 0 Å². The largest absolute Gasteiger partial charge is 0.375 e. The van der Waals surface area contributed by atoms with E-state index >= 15 is 0 Å². The Hall–Kier alpha value is -2.52. The fraction of sp³-hybridized carbons (Fsp3) is 0.440. The number of hydrogen-bond donors (Lipinski definition) is 1. The SMILES string of the molecule is N#CC1(O)CCN(Cc2ccccc2)CC1.O=C1CCN(Cc2ccccc2)CC1. The highest BCUT2D eigenvalue weighted by molar-refractivity contribution is 5.79. The predicted molar refractivity (Wildman–Crippen MR) is 117 cm³/mol. The lowest BCUT2D eigenvalue weighted by molar-refractivity contribution is -0.121. The summed E-state index contributed by atoms with van der Waals surface area (Å²) in [7, 11) is 0. The number of aliphatic hydroxyl groups is 1. The van der Waals surface area contributed by atoms with Crippen LogP contribution in [0.3, 0.4) is 0 Å². The molecule has 2 aromatic carbocycles. The van der Waals surface area contributed by atoms with Gasteiger partial charge < -0.3 is 5.11 Å². The summed E-state index contributed by atoms with van der Waals surface area (Å²) in [6.45, 7) is 5.32. The molecule has 0 unspecified atom stereocenters. The molecule has 0 atom stereocenters. The highest BCUT2D eigenvalue weighted by Crippen LogP contribution is 2.22. The molecule has 2 saturated heterocycles. The van der Waals surface area contributed by atoms with Crippen molar-refractivity contribution in [2.75, 3.05) is 26.2 Å². The molecule has 0 bridgehead atoms. The van der Waals surface area contributed by atoms with Gasteiger partial charge in [0.25, 0.3) is 0 Å². The molecule has 30 heavy (non-hydrogen) atoms. The van der Waals surface area contributed by atoms with E-state index < -0.39 is 5.60 Å². The van der Waals surface area contributed by atoms with Crippen LogP contribution in [0.5, 0.6) is 0 Å². The number of nitriles is 1. The van der Waals surface area contributed by atoms with Crippen molar-refractivity contribution in [1.82, 2.24) is 9.80 Å². The molecular weight excluding hydrogens is 374 g/mol. The quantitative estimate of drug-likeness (QED) is 0.790. The molecule has 2 aromatic rings. The Kier molecular flexibility index (Phi) is 8.15. The molecule has 0 radical (unpaired) electrons. The second kappa shape index (κ2) is 11.0. The molecule has 0 spiro atoms. The highest BCUT2D eigenvalue weighted by atomic mass is 16.3. The van der Waals surface area contributed by atoms with Gasteiger partial charge in [-0.05, 0) is 11.1 Å². The Balaban J connectivity index is 0.000000172. The summed E-state index contributed by atoms with van der Waals surface area (Å²) in [5.41, 5.74) is 1.53. The first kappa shape index (κ1) is 22.2. The summed E-state index contributed by atoms with van der Waals surface area (Å²) in [5, 5.41) is 18.6. The number of nitrogens with zero attached hydrogens (tertiary/aromatic N) is 3. The van der Waals surface area contributed by atoms with Gasteiger partial charge in [-0.2, -0.15) is 5.26 Å². The Morgan fingerprint density at radius 3 is 1.67 bits per heavy atom. The van der Waals surface area contributed by atoms with Gasteiger partial charge >= 0.3 is 0 Å². The number of piperidine rings is 2. The minimum atomic E-state index is -1.09. The normalized spacial score (nSPS) is 19.4. The van der Waals surface area contributed by atoms with E-state index in [0.717, 1.165) is 52.1 Å². The summed E-state index contributed by atoms with van der Waals surface area (Å²) >= 11 is 0. The number of Topliss-reactive ketones (excluding diaryl/α,β-unsaturated/α-hetero) is 1. The van der Waals surface area contributed by atoms with Crippen LogP contribution in [-0.4, -0.2) is 52.5 Å². The fourth-order valence-electron chi connectivity index (χ4n) is 3.84. The zero-order valence-electron chi connectivity index (χ0n) is 17.5. The van der Waals surface area contributed by atoms with Gasteiger partial charge in [-0.1, -0.05) is 60.7 Å². The van der Waals surface area contributed by atoms with Crippen LogP contribution in [-0.2, 0) is 17.9 Å². The molecule has 0 aromatic heterocycles. The van der Waals surface area contributed by atoms with Crippen molar-refractivity contribution >= 4 is 5.78 Å². The van der Waals surface area contributed by atoms with E-state index in [-0.39, 0.29) is 0 Å². The first-order chi connectivity index (χ1) is 14.6. The van der Waals surface area contributed by atoms with Gasteiger partial charge in [-0.3, -0.25) is 14.6 Å². The minimum absolute atomic E-state index is 0.411. The first-order valence-corrected chi connectivity index (χ1v) is 10.7. The lowest BCUT2D eigenvalue weighted by atomic mass is 9.93. The Morgan fingerprint density at radius 1 is 0.800 bits per heavy atom. The predicted octanol–water partition coefficient (Wildman–Crippen LogP) is 3.39. The number of hydrogen-bond acceptors (Lipinski definition) is 5. The van der Waals surface area contributed by atoms with Gasteiger partial charge in [0.05, 0.1) is 6.07 Å². The summed E-state index contributed by atoms with van der Waals surface area (Å²) in [5.74, 6) is 0.411. The average molecular weight is 406 g/mol. The molecule has 0 aliphatic carbocycles. The summed E-state index contributed by atoms with van der Waals surface area (Å²) in [6.07, 6.45) is 2.56. The van der Waals surface area contributed by atoms with Crippen LogP contribution in [0.25, 0.3) is 0 Å². The van der Waals surface area contributed by atoms with Crippen molar-refractivity contribution in [3.8, 4) is 6.07 Å². The van der Waals surface area contributed by atoms with Gasteiger partial charge in [0.2, 0.25) is 0 Å². The summed E-state index contributed by atoms with van der Waals surface area (Å²) in [6, 6.07) is 22.7. The Labute approximate surface area is 179 Å². The van der Waals surface area contributed by atoms with Crippen LogP contribution < -0.4 is 0 Å². The third-order valence-electron chi connectivity index (χ3n) is 5.80. The molecule has 4 rings (SSSR count). The third kappa shape index (κ3) is 7.07. The van der Waals surface area contributed by atoms with Crippen LogP contribution in [0.15, 0.2) is 60.7 Å². The Bertz CT molecular complexity index is 814. The van der Waals surface area contributed by atoms with E-state index in [2.05, 4.69) is 46.2 Å². The van der Waals surface area contributed by atoms with Gasteiger partial charge in [-0.15, -0.1) is 0 Å². The van der Waals surface area contributed by atoms with Crippen LogP contribution in [0.2, 0.25) is 0 Å². The zero-order chi connectivity index (χ0) is 21.2. The molecule has 2 aliphatic rings. The monoisotopic (exact) mass is 405 g/mol. The number of likely N-dealkylation sites (tertiary alicyclic amines) is 2. The molecule has 5 nitrogen and oxygen atoms in total. The molecule has 1 N–H and O–H groups in total. The van der Waals surface area contributed by atoms with Crippen molar-refractivity contribution in [2.45, 2.75) is 44.4 Å². The van der Waals surface area contributed by atoms with E-state index in [1.54, 1.807) is 0 Å². The van der Waals surface area contributed by atoms with Crippen LogP contribution in [0.4, 0.5) is 0 Å². The molecule has 5 heteroatoms. The Morgan fingerprint density at radius 2 is 1.23 bits per heavy atom. The van der Waals surface area contributed by atoms with Crippen molar-refractivity contribution < 1.29 is 9.90 Å². The second-order valence-electron chi connectivity index (χ2n) is 8.21.